The number of hydrogen-bond donors (Lipinski definition) is 1. The van der Waals surface area contributed by atoms with Gasteiger partial charge in [-0.2, -0.15) is 5.26 Å². The van der Waals surface area contributed by atoms with E-state index in [0.29, 0.717) is 23.1 Å². The summed E-state index contributed by atoms with van der Waals surface area (Å²) < 4.78 is 11.1. The van der Waals surface area contributed by atoms with Gasteiger partial charge in [0, 0.05) is 10.6 Å². The molecule has 0 saturated heterocycles. The van der Waals surface area contributed by atoms with Gasteiger partial charge in [0.1, 0.15) is 17.7 Å². The van der Waals surface area contributed by atoms with Crippen molar-refractivity contribution in [3.63, 3.8) is 0 Å². The van der Waals surface area contributed by atoms with Crippen molar-refractivity contribution in [1.82, 2.24) is 0 Å². The Morgan fingerprint density at radius 3 is 2.67 bits per heavy atom. The van der Waals surface area contributed by atoms with Gasteiger partial charge >= 0.3 is 0 Å². The van der Waals surface area contributed by atoms with Gasteiger partial charge < -0.3 is 15.2 Å². The van der Waals surface area contributed by atoms with E-state index >= 15 is 0 Å². The minimum Gasteiger partial charge on any atom is -0.493 e. The second-order valence-corrected chi connectivity index (χ2v) is 5.67. The topological polar surface area (TPSA) is 68.3 Å². The van der Waals surface area contributed by atoms with Crippen LogP contribution in [0.4, 0.5) is 0 Å². The number of benzene rings is 2. The molecular formula is C18H15ClN2O2S. The molecule has 0 saturated carbocycles. The van der Waals surface area contributed by atoms with E-state index in [1.54, 1.807) is 31.4 Å². The summed E-state index contributed by atoms with van der Waals surface area (Å²) >= 11 is 10.9. The zero-order valence-corrected chi connectivity index (χ0v) is 14.5. The van der Waals surface area contributed by atoms with Gasteiger partial charge in [0.15, 0.2) is 11.5 Å². The molecule has 2 rings (SSSR count). The van der Waals surface area contributed by atoms with E-state index in [-0.39, 0.29) is 10.6 Å². The Morgan fingerprint density at radius 1 is 1.29 bits per heavy atom. The third kappa shape index (κ3) is 4.48. The summed E-state index contributed by atoms with van der Waals surface area (Å²) in [6.07, 6.45) is 1.60. The predicted molar refractivity (Wildman–Crippen MR) is 99.2 cm³/mol. The first kappa shape index (κ1) is 17.8. The molecule has 6 heteroatoms. The molecule has 0 heterocycles. The lowest BCUT2D eigenvalue weighted by Gasteiger charge is -2.12. The summed E-state index contributed by atoms with van der Waals surface area (Å²) in [6, 6.07) is 14.7. The molecule has 0 spiro atoms. The van der Waals surface area contributed by atoms with Crippen molar-refractivity contribution in [2.45, 2.75) is 6.61 Å². The molecule has 0 bridgehead atoms. The van der Waals surface area contributed by atoms with Gasteiger partial charge in [-0.3, -0.25) is 0 Å². The third-order valence-electron chi connectivity index (χ3n) is 3.23. The molecular weight excluding hydrogens is 344 g/mol. The van der Waals surface area contributed by atoms with Crippen molar-refractivity contribution in [2.75, 3.05) is 7.11 Å². The minimum absolute atomic E-state index is 0.0514. The Balaban J connectivity index is 2.22. The molecule has 2 aromatic carbocycles. The van der Waals surface area contributed by atoms with Gasteiger partial charge in [-0.25, -0.2) is 0 Å². The van der Waals surface area contributed by atoms with Crippen LogP contribution < -0.4 is 15.2 Å². The second kappa shape index (κ2) is 8.34. The quantitative estimate of drug-likeness (QED) is 0.478. The van der Waals surface area contributed by atoms with E-state index in [4.69, 9.17) is 44.3 Å². The highest BCUT2D eigenvalue weighted by molar-refractivity contribution is 7.80. The Kier molecular flexibility index (Phi) is 6.19. The van der Waals surface area contributed by atoms with Crippen molar-refractivity contribution in [2.24, 2.45) is 5.73 Å². The Bertz CT molecular complexity index is 828. The molecule has 0 unspecified atom stereocenters. The molecule has 0 fully saturated rings. The van der Waals surface area contributed by atoms with Gasteiger partial charge in [0.05, 0.1) is 12.7 Å². The zero-order chi connectivity index (χ0) is 17.5. The lowest BCUT2D eigenvalue weighted by molar-refractivity contribution is 0.284. The smallest absolute Gasteiger partial charge is 0.161 e. The predicted octanol–water partition coefficient (Wildman–Crippen LogP) is 4.12. The van der Waals surface area contributed by atoms with Crippen LogP contribution >= 0.6 is 23.8 Å². The molecule has 2 aromatic rings. The number of ether oxygens (including phenoxy) is 2. The number of thiocarbonyl (C=S) groups is 1. The maximum atomic E-state index is 9.02. The number of hydrogen-bond acceptors (Lipinski definition) is 4. The van der Waals surface area contributed by atoms with Crippen LogP contribution in [-0.2, 0) is 6.61 Å². The average molecular weight is 359 g/mol. The molecule has 0 atom stereocenters. The molecule has 2 N–H and O–H groups in total. The van der Waals surface area contributed by atoms with Crippen LogP contribution in [0.25, 0.3) is 6.08 Å². The maximum Gasteiger partial charge on any atom is 0.161 e. The molecule has 122 valence electrons. The Hall–Kier alpha value is -2.55. The summed E-state index contributed by atoms with van der Waals surface area (Å²) in [5.74, 6) is 1.11. The fraction of sp³-hybridized carbons (Fsp3) is 0.111. The molecule has 0 amide bonds. The summed E-state index contributed by atoms with van der Waals surface area (Å²) in [5.41, 5.74) is 7.34. The molecule has 0 aromatic heterocycles. The molecule has 24 heavy (non-hydrogen) atoms. The lowest BCUT2D eigenvalue weighted by atomic mass is 10.1. The van der Waals surface area contributed by atoms with E-state index in [1.807, 2.05) is 30.3 Å². The third-order valence-corrected chi connectivity index (χ3v) is 3.81. The summed E-state index contributed by atoms with van der Waals surface area (Å²) in [7, 11) is 1.55. The molecule has 0 radical (unpaired) electrons. The summed E-state index contributed by atoms with van der Waals surface area (Å²) in [5, 5.41) is 9.67. The number of nitrogens with zero attached hydrogens (tertiary/aromatic N) is 1. The Morgan fingerprint density at radius 2 is 2.04 bits per heavy atom. The monoisotopic (exact) mass is 358 g/mol. The fourth-order valence-corrected chi connectivity index (χ4v) is 2.28. The second-order valence-electron chi connectivity index (χ2n) is 4.82. The molecule has 4 nitrogen and oxygen atoms in total. The fourth-order valence-electron chi connectivity index (χ4n) is 1.99. The zero-order valence-electron chi connectivity index (χ0n) is 13.0. The van der Waals surface area contributed by atoms with Crippen molar-refractivity contribution in [3.05, 3.63) is 64.2 Å². The van der Waals surface area contributed by atoms with Gasteiger partial charge in [-0.15, -0.1) is 0 Å². The van der Waals surface area contributed by atoms with Crippen LogP contribution in [0.1, 0.15) is 11.1 Å². The van der Waals surface area contributed by atoms with Gasteiger partial charge in [0.25, 0.3) is 0 Å². The van der Waals surface area contributed by atoms with Gasteiger partial charge in [-0.1, -0.05) is 48.1 Å². The standard InChI is InChI=1S/C18H15ClN2O2S/c1-22-17-9-12(8-14(10-20)18(21)24)6-7-16(17)23-11-13-4-2-3-5-15(13)19/h2-9H,11H2,1H3,(H2,21,24)/b14-8-. The van der Waals surface area contributed by atoms with E-state index in [9.17, 15) is 0 Å². The van der Waals surface area contributed by atoms with Crippen LogP contribution in [0.15, 0.2) is 48.0 Å². The van der Waals surface area contributed by atoms with Crippen molar-refractivity contribution >= 4 is 34.9 Å². The number of nitriles is 1. The van der Waals surface area contributed by atoms with E-state index in [1.165, 1.54) is 0 Å². The highest BCUT2D eigenvalue weighted by atomic mass is 35.5. The highest BCUT2D eigenvalue weighted by Gasteiger charge is 2.08. The van der Waals surface area contributed by atoms with Crippen molar-refractivity contribution in [3.8, 4) is 17.6 Å². The molecule has 0 aliphatic rings. The first-order chi connectivity index (χ1) is 11.5. The number of methoxy groups -OCH3 is 1. The van der Waals surface area contributed by atoms with Crippen LogP contribution in [0, 0.1) is 11.3 Å². The number of rotatable bonds is 6. The van der Waals surface area contributed by atoms with Crippen molar-refractivity contribution < 1.29 is 9.47 Å². The van der Waals surface area contributed by atoms with E-state index in [0.717, 1.165) is 11.1 Å². The largest absolute Gasteiger partial charge is 0.493 e. The number of halogens is 1. The van der Waals surface area contributed by atoms with Gasteiger partial charge in [0.2, 0.25) is 0 Å². The van der Waals surface area contributed by atoms with Crippen LogP contribution in [-0.4, -0.2) is 12.1 Å². The minimum atomic E-state index is 0.0514. The van der Waals surface area contributed by atoms with Crippen LogP contribution in [0.2, 0.25) is 5.02 Å². The SMILES string of the molecule is COc1cc(/C=C(/C#N)C(N)=S)ccc1OCc1ccccc1Cl. The average Bonchev–Trinajstić information content (AvgIpc) is 2.59. The Labute approximate surface area is 151 Å². The van der Waals surface area contributed by atoms with Gasteiger partial charge in [-0.05, 0) is 29.8 Å². The van der Waals surface area contributed by atoms with E-state index < -0.39 is 0 Å². The molecule has 0 aliphatic carbocycles. The summed E-state index contributed by atoms with van der Waals surface area (Å²) in [4.78, 5) is 0.0514. The highest BCUT2D eigenvalue weighted by Crippen LogP contribution is 2.30. The first-order valence-electron chi connectivity index (χ1n) is 7.01. The molecule has 0 aliphatic heterocycles. The van der Waals surface area contributed by atoms with Crippen LogP contribution in [0.5, 0.6) is 11.5 Å². The van der Waals surface area contributed by atoms with Crippen LogP contribution in [0.3, 0.4) is 0 Å². The lowest BCUT2D eigenvalue weighted by Crippen LogP contribution is -2.09. The van der Waals surface area contributed by atoms with Crippen molar-refractivity contribution in [1.29, 1.82) is 5.26 Å². The maximum absolute atomic E-state index is 9.02. The van der Waals surface area contributed by atoms with E-state index in [2.05, 4.69) is 0 Å². The first-order valence-corrected chi connectivity index (χ1v) is 7.79. The summed E-state index contributed by atoms with van der Waals surface area (Å²) in [6.45, 7) is 0.321. The number of nitrogens with two attached hydrogens (primary N) is 1. The normalized spacial score (nSPS) is 10.8.